The van der Waals surface area contributed by atoms with E-state index < -0.39 is 59.6 Å². The van der Waals surface area contributed by atoms with Crippen molar-refractivity contribution in [1.82, 2.24) is 0 Å². The number of nitrogens with two attached hydrogens (primary N) is 3. The lowest BCUT2D eigenvalue weighted by Crippen LogP contribution is -2.25. The molecule has 290 valence electrons. The molecule has 0 aliphatic heterocycles. The molecule has 0 aliphatic rings. The summed E-state index contributed by atoms with van der Waals surface area (Å²) in [5, 5.41) is 0.406. The lowest BCUT2D eigenvalue weighted by molar-refractivity contribution is -0.139. The van der Waals surface area contributed by atoms with Crippen LogP contribution in [0.4, 0.5) is 56.6 Å². The molecule has 0 fully saturated rings. The quantitative estimate of drug-likeness (QED) is 0.0756. The maximum atomic E-state index is 15.3. The molecule has 0 aliphatic carbocycles. The van der Waals surface area contributed by atoms with Crippen molar-refractivity contribution >= 4 is 40.1 Å². The average Bonchev–Trinajstić information content (AvgIpc) is 3.13. The zero-order chi connectivity index (χ0) is 40.6. The molecule has 0 heterocycles. The summed E-state index contributed by atoms with van der Waals surface area (Å²) >= 11 is 0. The molecule has 0 amide bonds. The molecule has 0 saturated heterocycles. The summed E-state index contributed by atoms with van der Waals surface area (Å²) in [6.45, 7) is 0. The highest BCUT2D eigenvalue weighted by Gasteiger charge is 2.37. The van der Waals surface area contributed by atoms with Crippen molar-refractivity contribution in [3.05, 3.63) is 144 Å². The van der Waals surface area contributed by atoms with Gasteiger partial charge in [0.15, 0.2) is 7.14 Å². The van der Waals surface area contributed by atoms with Crippen LogP contribution in [-0.4, -0.2) is 0 Å². The lowest BCUT2D eigenvalue weighted by atomic mass is 10.1. The van der Waals surface area contributed by atoms with E-state index in [9.17, 15) is 39.5 Å². The number of anilines is 3. The van der Waals surface area contributed by atoms with Crippen LogP contribution in [0.25, 0.3) is 0 Å². The topological polar surface area (TPSA) is 123 Å². The second kappa shape index (κ2) is 14.8. The second-order valence-electron chi connectivity index (χ2n) is 12.2. The number of halogens is 9. The van der Waals surface area contributed by atoms with E-state index in [0.29, 0.717) is 18.2 Å². The fourth-order valence-corrected chi connectivity index (χ4v) is 8.18. The van der Waals surface area contributed by atoms with Crippen LogP contribution < -0.4 is 47.3 Å². The Hall–Kier alpha value is -6.28. The largest absolute Gasteiger partial charge is 0.457 e. The van der Waals surface area contributed by atoms with Crippen LogP contribution in [0.3, 0.4) is 0 Å². The van der Waals surface area contributed by atoms with Gasteiger partial charge in [-0.2, -0.15) is 39.5 Å². The molecular formula is C39H27F9N3O4P. The molecule has 0 atom stereocenters. The Labute approximate surface area is 312 Å². The SMILES string of the molecule is Nc1ccc(Oc2ccc(P(=O)(c3ccc(Oc4ccc(N)cc4C(F)(F)F)cc3)c3ccc(Oc4ccc(N)cc4C(F)(F)F)cc3)cc2)c(C(F)(F)F)c1. The summed E-state index contributed by atoms with van der Waals surface area (Å²) < 4.78 is 155. The minimum atomic E-state index is -4.80. The van der Waals surface area contributed by atoms with Gasteiger partial charge in [-0.15, -0.1) is 0 Å². The van der Waals surface area contributed by atoms with E-state index in [1.165, 1.54) is 91.0 Å². The molecule has 0 radical (unpaired) electrons. The van der Waals surface area contributed by atoms with Crippen molar-refractivity contribution in [1.29, 1.82) is 0 Å². The van der Waals surface area contributed by atoms with Gasteiger partial charge in [-0.25, -0.2) is 0 Å². The molecule has 0 unspecified atom stereocenters. The molecule has 6 aromatic rings. The van der Waals surface area contributed by atoms with Gasteiger partial charge >= 0.3 is 18.5 Å². The van der Waals surface area contributed by atoms with E-state index in [2.05, 4.69) is 0 Å². The molecule has 0 bridgehead atoms. The highest BCUT2D eigenvalue weighted by Crippen LogP contribution is 2.46. The summed E-state index contributed by atoms with van der Waals surface area (Å²) in [5.41, 5.74) is 12.8. The van der Waals surface area contributed by atoms with Crippen LogP contribution in [0.1, 0.15) is 16.7 Å². The Balaban J connectivity index is 1.37. The van der Waals surface area contributed by atoms with E-state index in [1.807, 2.05) is 0 Å². The van der Waals surface area contributed by atoms with Gasteiger partial charge in [0, 0.05) is 33.0 Å². The second-order valence-corrected chi connectivity index (χ2v) is 14.9. The molecule has 6 aromatic carbocycles. The number of hydrogen-bond acceptors (Lipinski definition) is 7. The predicted molar refractivity (Wildman–Crippen MR) is 194 cm³/mol. The molecule has 17 heteroatoms. The van der Waals surface area contributed by atoms with Crippen molar-refractivity contribution in [3.8, 4) is 34.5 Å². The summed E-state index contributed by atoms with van der Waals surface area (Å²) in [5.74, 6) is -1.81. The first-order chi connectivity index (χ1) is 26.2. The zero-order valence-electron chi connectivity index (χ0n) is 28.3. The van der Waals surface area contributed by atoms with Gasteiger partial charge in [0.2, 0.25) is 0 Å². The fourth-order valence-electron chi connectivity index (χ4n) is 5.57. The number of ether oxygens (including phenoxy) is 3. The maximum Gasteiger partial charge on any atom is 0.420 e. The number of alkyl halides is 9. The first kappa shape index (κ1) is 39.4. The van der Waals surface area contributed by atoms with Crippen LogP contribution in [0.15, 0.2) is 127 Å². The van der Waals surface area contributed by atoms with Crippen molar-refractivity contribution in [2.75, 3.05) is 17.2 Å². The van der Waals surface area contributed by atoms with E-state index >= 15 is 4.57 Å². The molecule has 0 spiro atoms. The van der Waals surface area contributed by atoms with Crippen LogP contribution in [-0.2, 0) is 23.1 Å². The summed E-state index contributed by atoms with van der Waals surface area (Å²) in [6.07, 6.45) is -14.4. The van der Waals surface area contributed by atoms with Gasteiger partial charge in [-0.3, -0.25) is 0 Å². The Morgan fingerprint density at radius 3 is 0.821 bits per heavy atom. The van der Waals surface area contributed by atoms with Gasteiger partial charge in [-0.05, 0) is 127 Å². The van der Waals surface area contributed by atoms with Crippen molar-refractivity contribution in [2.24, 2.45) is 0 Å². The van der Waals surface area contributed by atoms with Gasteiger partial charge in [0.05, 0.1) is 0 Å². The number of hydrogen-bond donors (Lipinski definition) is 3. The minimum Gasteiger partial charge on any atom is -0.457 e. The van der Waals surface area contributed by atoms with Gasteiger partial charge in [-0.1, -0.05) is 0 Å². The standard InChI is InChI=1S/C39H27F9N3O4P/c40-37(41,42)31-19-22(49)1-16-34(31)53-25-4-10-28(11-5-25)56(52,29-12-6-26(7-13-29)54-35-17-2-23(50)20-32(35)38(43,44)45)30-14-8-27(9-15-30)55-36-18-3-24(51)21-33(36)39(46,47)48/h1-21H,49-51H2. The van der Waals surface area contributed by atoms with Gasteiger partial charge < -0.3 is 36.0 Å². The summed E-state index contributed by atoms with van der Waals surface area (Å²) in [4.78, 5) is 0. The van der Waals surface area contributed by atoms with Crippen molar-refractivity contribution in [3.63, 3.8) is 0 Å². The molecule has 0 saturated carbocycles. The first-order valence-electron chi connectivity index (χ1n) is 16.1. The third-order valence-corrected chi connectivity index (χ3v) is 11.3. The van der Waals surface area contributed by atoms with Crippen molar-refractivity contribution in [2.45, 2.75) is 18.5 Å². The summed E-state index contributed by atoms with van der Waals surface area (Å²) in [7, 11) is -3.97. The molecular weight excluding hydrogens is 776 g/mol. The number of rotatable bonds is 9. The average molecular weight is 804 g/mol. The van der Waals surface area contributed by atoms with Crippen molar-refractivity contribution < 1.29 is 58.3 Å². The molecule has 7 nitrogen and oxygen atoms in total. The smallest absolute Gasteiger partial charge is 0.420 e. The number of nitrogen functional groups attached to an aromatic ring is 3. The normalized spacial score (nSPS) is 12.3. The molecule has 6 rings (SSSR count). The Bertz CT molecular complexity index is 2150. The van der Waals surface area contributed by atoms with E-state index in [0.717, 1.165) is 18.2 Å². The Morgan fingerprint density at radius 2 is 0.607 bits per heavy atom. The zero-order valence-corrected chi connectivity index (χ0v) is 29.2. The molecule has 6 N–H and O–H groups in total. The highest BCUT2D eigenvalue weighted by molar-refractivity contribution is 7.85. The highest BCUT2D eigenvalue weighted by atomic mass is 31.2. The first-order valence-corrected chi connectivity index (χ1v) is 17.8. The van der Waals surface area contributed by atoms with E-state index in [-0.39, 0.29) is 50.2 Å². The monoisotopic (exact) mass is 803 g/mol. The minimum absolute atomic E-state index is 0.0593. The molecule has 56 heavy (non-hydrogen) atoms. The van der Waals surface area contributed by atoms with Crippen LogP contribution in [0.5, 0.6) is 34.5 Å². The van der Waals surface area contributed by atoms with Gasteiger partial charge in [0.25, 0.3) is 0 Å². The summed E-state index contributed by atoms with van der Waals surface area (Å²) in [6, 6.07) is 24.8. The fraction of sp³-hybridized carbons (Fsp3) is 0.0769. The van der Waals surface area contributed by atoms with Crippen LogP contribution >= 0.6 is 7.14 Å². The van der Waals surface area contributed by atoms with Crippen LogP contribution in [0.2, 0.25) is 0 Å². The lowest BCUT2D eigenvalue weighted by Gasteiger charge is -2.22. The third kappa shape index (κ3) is 8.50. The van der Waals surface area contributed by atoms with E-state index in [4.69, 9.17) is 31.4 Å². The van der Waals surface area contributed by atoms with E-state index in [1.54, 1.807) is 0 Å². The maximum absolute atomic E-state index is 15.3. The Morgan fingerprint density at radius 1 is 0.375 bits per heavy atom. The third-order valence-electron chi connectivity index (χ3n) is 8.21. The van der Waals surface area contributed by atoms with Crippen LogP contribution in [0, 0.1) is 0 Å². The number of benzene rings is 6. The molecule has 0 aromatic heterocycles. The van der Waals surface area contributed by atoms with Gasteiger partial charge in [0.1, 0.15) is 51.2 Å². The predicted octanol–water partition coefficient (Wildman–Crippen LogP) is 10.5. The Kier molecular flexibility index (Phi) is 10.4.